The van der Waals surface area contributed by atoms with Crippen molar-refractivity contribution in [3.63, 3.8) is 0 Å². The minimum Gasteiger partial charge on any atom is -0.398 e. The van der Waals surface area contributed by atoms with Crippen molar-refractivity contribution in [3.05, 3.63) is 54.1 Å². The number of benzene rings is 3. The summed E-state index contributed by atoms with van der Waals surface area (Å²) in [6.45, 7) is 0.283. The smallest absolute Gasteiger partial charge is 0.0431 e. The second-order valence-corrected chi connectivity index (χ2v) is 5.56. The molecule has 3 aromatic carbocycles. The number of aliphatic hydroxyl groups is 1. The Hall–Kier alpha value is -2.06. The second-order valence-electron chi connectivity index (χ2n) is 5.56. The fourth-order valence-corrected chi connectivity index (χ4v) is 3.04. The number of rotatable bonds is 5. The van der Waals surface area contributed by atoms with E-state index in [0.717, 1.165) is 36.8 Å². The lowest BCUT2D eigenvalue weighted by Crippen LogP contribution is -1.93. The molecule has 0 unspecified atom stereocenters. The maximum atomic E-state index is 8.90. The van der Waals surface area contributed by atoms with E-state index in [1.165, 1.54) is 21.7 Å². The van der Waals surface area contributed by atoms with Crippen LogP contribution in [0.4, 0.5) is 5.69 Å². The van der Waals surface area contributed by atoms with Crippen molar-refractivity contribution in [1.82, 2.24) is 0 Å². The zero-order valence-corrected chi connectivity index (χ0v) is 12.2. The number of unbranched alkanes of at least 4 members (excludes halogenated alkanes) is 2. The molecule has 0 aliphatic rings. The van der Waals surface area contributed by atoms with Crippen molar-refractivity contribution >= 4 is 27.2 Å². The first-order valence-electron chi connectivity index (χ1n) is 7.61. The molecule has 0 heterocycles. The van der Waals surface area contributed by atoms with E-state index in [1.54, 1.807) is 0 Å². The third kappa shape index (κ3) is 2.72. The average molecular weight is 279 g/mol. The zero-order valence-electron chi connectivity index (χ0n) is 12.2. The summed E-state index contributed by atoms with van der Waals surface area (Å²) in [7, 11) is 0. The molecule has 0 bridgehead atoms. The van der Waals surface area contributed by atoms with E-state index in [1.807, 2.05) is 12.1 Å². The van der Waals surface area contributed by atoms with E-state index in [9.17, 15) is 0 Å². The van der Waals surface area contributed by atoms with Gasteiger partial charge in [-0.25, -0.2) is 0 Å². The van der Waals surface area contributed by atoms with Crippen LogP contribution in [-0.2, 0) is 6.42 Å². The lowest BCUT2D eigenvalue weighted by Gasteiger charge is -2.12. The monoisotopic (exact) mass is 279 g/mol. The lowest BCUT2D eigenvalue weighted by molar-refractivity contribution is 0.283. The lowest BCUT2D eigenvalue weighted by atomic mass is 9.94. The molecule has 0 aliphatic heterocycles. The van der Waals surface area contributed by atoms with Gasteiger partial charge in [-0.3, -0.25) is 0 Å². The maximum Gasteiger partial charge on any atom is 0.0431 e. The Labute approximate surface area is 125 Å². The first-order valence-corrected chi connectivity index (χ1v) is 7.61. The zero-order chi connectivity index (χ0) is 14.7. The number of aryl methyl sites for hydroxylation is 1. The Bertz CT molecular complexity index is 764. The van der Waals surface area contributed by atoms with Gasteiger partial charge in [0, 0.05) is 17.7 Å². The van der Waals surface area contributed by atoms with Gasteiger partial charge in [-0.15, -0.1) is 0 Å². The van der Waals surface area contributed by atoms with Gasteiger partial charge in [-0.1, -0.05) is 42.8 Å². The van der Waals surface area contributed by atoms with Crippen molar-refractivity contribution in [2.24, 2.45) is 0 Å². The Morgan fingerprint density at radius 3 is 2.29 bits per heavy atom. The molecule has 0 saturated carbocycles. The summed E-state index contributed by atoms with van der Waals surface area (Å²) >= 11 is 0. The molecule has 0 amide bonds. The van der Waals surface area contributed by atoms with Gasteiger partial charge in [-0.2, -0.15) is 0 Å². The highest BCUT2D eigenvalue weighted by Gasteiger charge is 2.07. The number of nitrogen functional groups attached to an aromatic ring is 1. The van der Waals surface area contributed by atoms with Crippen LogP contribution in [0.2, 0.25) is 0 Å². The van der Waals surface area contributed by atoms with Crippen LogP contribution in [0.15, 0.2) is 48.5 Å². The van der Waals surface area contributed by atoms with Gasteiger partial charge in [0.2, 0.25) is 0 Å². The van der Waals surface area contributed by atoms with Crippen LogP contribution in [-0.4, -0.2) is 11.7 Å². The molecule has 2 nitrogen and oxygen atoms in total. The van der Waals surface area contributed by atoms with E-state index in [4.69, 9.17) is 10.8 Å². The first kappa shape index (κ1) is 13.9. The Balaban J connectivity index is 2.10. The number of hydrogen-bond acceptors (Lipinski definition) is 2. The summed E-state index contributed by atoms with van der Waals surface area (Å²) in [5, 5.41) is 13.9. The predicted octanol–water partition coefficient (Wildman–Crippen LogP) is 4.28. The van der Waals surface area contributed by atoms with Gasteiger partial charge in [0.05, 0.1) is 0 Å². The fraction of sp³-hybridized carbons (Fsp3) is 0.263. The minimum absolute atomic E-state index is 0.283. The summed E-state index contributed by atoms with van der Waals surface area (Å²) in [5.74, 6) is 0. The highest BCUT2D eigenvalue weighted by molar-refractivity contribution is 6.12. The highest BCUT2D eigenvalue weighted by atomic mass is 16.2. The molecule has 0 aliphatic carbocycles. The standard InChI is InChI=1S/C19H21NO/c20-19-11-6-10-17-16-9-4-3-8-15(16)14(13-18(17)19)7-2-1-5-12-21/h3-4,6,8-11,13,21H,1-2,5,7,12,20H2. The summed E-state index contributed by atoms with van der Waals surface area (Å²) in [6, 6.07) is 16.9. The third-order valence-corrected chi connectivity index (χ3v) is 4.13. The van der Waals surface area contributed by atoms with Gasteiger partial charge < -0.3 is 10.8 Å². The molecule has 0 saturated heterocycles. The minimum atomic E-state index is 0.283. The fourth-order valence-electron chi connectivity index (χ4n) is 3.04. The molecule has 21 heavy (non-hydrogen) atoms. The van der Waals surface area contributed by atoms with E-state index >= 15 is 0 Å². The van der Waals surface area contributed by atoms with Crippen molar-refractivity contribution in [3.8, 4) is 0 Å². The molecule has 3 rings (SSSR count). The van der Waals surface area contributed by atoms with Gasteiger partial charge in [0.25, 0.3) is 0 Å². The predicted molar refractivity (Wildman–Crippen MR) is 90.5 cm³/mol. The molecule has 3 aromatic rings. The van der Waals surface area contributed by atoms with Crippen LogP contribution in [0.5, 0.6) is 0 Å². The largest absolute Gasteiger partial charge is 0.398 e. The SMILES string of the molecule is Nc1cccc2c1cc(CCCCCO)c1ccccc12. The molecule has 3 N–H and O–H groups in total. The number of hydrogen-bond donors (Lipinski definition) is 2. The maximum absolute atomic E-state index is 8.90. The summed E-state index contributed by atoms with van der Waals surface area (Å²) in [5.41, 5.74) is 8.36. The molecule has 0 atom stereocenters. The Kier molecular flexibility index (Phi) is 4.07. The van der Waals surface area contributed by atoms with Gasteiger partial charge in [0.15, 0.2) is 0 Å². The topological polar surface area (TPSA) is 46.2 Å². The molecule has 0 radical (unpaired) electrons. The van der Waals surface area contributed by atoms with Crippen LogP contribution < -0.4 is 5.73 Å². The van der Waals surface area contributed by atoms with Gasteiger partial charge in [0.1, 0.15) is 0 Å². The highest BCUT2D eigenvalue weighted by Crippen LogP contribution is 2.32. The Morgan fingerprint density at radius 2 is 1.48 bits per heavy atom. The molecule has 0 aromatic heterocycles. The number of nitrogens with two attached hydrogens (primary N) is 1. The van der Waals surface area contributed by atoms with Crippen LogP contribution in [0.1, 0.15) is 24.8 Å². The van der Waals surface area contributed by atoms with Crippen LogP contribution in [0, 0.1) is 0 Å². The molecule has 2 heteroatoms. The van der Waals surface area contributed by atoms with Crippen molar-refractivity contribution in [2.75, 3.05) is 12.3 Å². The average Bonchev–Trinajstić information content (AvgIpc) is 2.52. The number of anilines is 1. The van der Waals surface area contributed by atoms with E-state index in [-0.39, 0.29) is 6.61 Å². The summed E-state index contributed by atoms with van der Waals surface area (Å²) in [6.07, 6.45) is 4.08. The normalized spacial score (nSPS) is 11.3. The second kappa shape index (κ2) is 6.15. The molecule has 0 spiro atoms. The van der Waals surface area contributed by atoms with E-state index in [2.05, 4.69) is 36.4 Å². The molecule has 108 valence electrons. The molecular formula is C19H21NO. The first-order chi connectivity index (χ1) is 10.3. The van der Waals surface area contributed by atoms with Crippen molar-refractivity contribution in [1.29, 1.82) is 0 Å². The van der Waals surface area contributed by atoms with Gasteiger partial charge in [-0.05, 0) is 53.1 Å². The van der Waals surface area contributed by atoms with Crippen LogP contribution in [0.25, 0.3) is 21.5 Å². The van der Waals surface area contributed by atoms with E-state index in [0.29, 0.717) is 0 Å². The third-order valence-electron chi connectivity index (χ3n) is 4.13. The van der Waals surface area contributed by atoms with Crippen molar-refractivity contribution < 1.29 is 5.11 Å². The number of aliphatic hydroxyl groups excluding tert-OH is 1. The molecular weight excluding hydrogens is 258 g/mol. The Morgan fingerprint density at radius 1 is 0.762 bits per heavy atom. The van der Waals surface area contributed by atoms with E-state index < -0.39 is 0 Å². The van der Waals surface area contributed by atoms with Crippen molar-refractivity contribution in [2.45, 2.75) is 25.7 Å². The number of fused-ring (bicyclic) bond motifs is 3. The molecule has 0 fully saturated rings. The summed E-state index contributed by atoms with van der Waals surface area (Å²) in [4.78, 5) is 0. The summed E-state index contributed by atoms with van der Waals surface area (Å²) < 4.78 is 0. The quantitative estimate of drug-likeness (QED) is 0.416. The van der Waals surface area contributed by atoms with Crippen LogP contribution in [0.3, 0.4) is 0 Å². The van der Waals surface area contributed by atoms with Gasteiger partial charge >= 0.3 is 0 Å². The van der Waals surface area contributed by atoms with Crippen LogP contribution >= 0.6 is 0 Å².